The summed E-state index contributed by atoms with van der Waals surface area (Å²) in [4.78, 5) is 37.8. The highest BCUT2D eigenvalue weighted by atomic mass is 16.6. The average molecular weight is 801 g/mol. The molecule has 0 aliphatic rings. The van der Waals surface area contributed by atoms with Crippen LogP contribution in [-0.4, -0.2) is 37.2 Å². The van der Waals surface area contributed by atoms with E-state index in [4.69, 9.17) is 14.2 Å². The van der Waals surface area contributed by atoms with Crippen molar-refractivity contribution in [3.63, 3.8) is 0 Å². The summed E-state index contributed by atoms with van der Waals surface area (Å²) in [5.41, 5.74) is 0. The third kappa shape index (κ3) is 44.6. The van der Waals surface area contributed by atoms with Crippen molar-refractivity contribution < 1.29 is 28.6 Å². The minimum absolute atomic E-state index is 0.0780. The lowest BCUT2D eigenvalue weighted by Gasteiger charge is -2.18. The second kappa shape index (κ2) is 46.3. The summed E-state index contributed by atoms with van der Waals surface area (Å²) in [6, 6.07) is 0. The van der Waals surface area contributed by atoms with Crippen molar-refractivity contribution in [2.45, 2.75) is 258 Å². The highest BCUT2D eigenvalue weighted by Crippen LogP contribution is 2.15. The Morgan fingerprint density at radius 1 is 0.351 bits per heavy atom. The third-order valence-corrected chi connectivity index (χ3v) is 10.6. The zero-order valence-electron chi connectivity index (χ0n) is 37.9. The first-order valence-corrected chi connectivity index (χ1v) is 24.5. The molecule has 6 heteroatoms. The first-order valence-electron chi connectivity index (χ1n) is 24.5. The van der Waals surface area contributed by atoms with Crippen molar-refractivity contribution in [2.24, 2.45) is 0 Å². The number of rotatable bonds is 44. The molecule has 0 bridgehead atoms. The fourth-order valence-corrected chi connectivity index (χ4v) is 6.89. The Hall–Kier alpha value is -2.37. The molecule has 0 N–H and O–H groups in total. The average Bonchev–Trinajstić information content (AvgIpc) is 3.21. The first kappa shape index (κ1) is 54.6. The summed E-state index contributed by atoms with van der Waals surface area (Å²) in [6.07, 6.45) is 52.7. The SMILES string of the molecule is CCC/C=C\C/C=C\CCCCCCCC(=O)OC(COC(=O)CCCCCCC/C=C\CCC)COC(=O)CCCCCCCCCCCCCCCCCC. The highest BCUT2D eigenvalue weighted by Gasteiger charge is 2.19. The molecule has 0 heterocycles. The van der Waals surface area contributed by atoms with Crippen molar-refractivity contribution in [1.29, 1.82) is 0 Å². The van der Waals surface area contributed by atoms with Crippen LogP contribution in [0.3, 0.4) is 0 Å². The van der Waals surface area contributed by atoms with Crippen LogP contribution in [0.2, 0.25) is 0 Å². The summed E-state index contributed by atoms with van der Waals surface area (Å²) in [5, 5.41) is 0. The van der Waals surface area contributed by atoms with Crippen LogP contribution in [0.4, 0.5) is 0 Å². The van der Waals surface area contributed by atoms with Gasteiger partial charge in [0, 0.05) is 19.3 Å². The molecular formula is C51H92O6. The molecule has 0 saturated heterocycles. The molecule has 1 unspecified atom stereocenters. The minimum atomic E-state index is -0.777. The molecule has 0 spiro atoms. The Labute approximate surface area is 353 Å². The van der Waals surface area contributed by atoms with E-state index in [0.717, 1.165) is 103 Å². The Morgan fingerprint density at radius 3 is 1.07 bits per heavy atom. The Bertz CT molecular complexity index is 969. The van der Waals surface area contributed by atoms with E-state index in [1.807, 2.05) is 0 Å². The van der Waals surface area contributed by atoms with Crippen LogP contribution in [0.5, 0.6) is 0 Å². The molecule has 0 aromatic rings. The monoisotopic (exact) mass is 801 g/mol. The quantitative estimate of drug-likeness (QED) is 0.0264. The van der Waals surface area contributed by atoms with E-state index in [0.29, 0.717) is 19.3 Å². The maximum Gasteiger partial charge on any atom is 0.306 e. The fraction of sp³-hybridized carbons (Fsp3) is 0.824. The molecule has 0 aromatic heterocycles. The number of unbranched alkanes of at least 4 members (excludes halogenated alkanes) is 27. The highest BCUT2D eigenvalue weighted by molar-refractivity contribution is 5.71. The van der Waals surface area contributed by atoms with Gasteiger partial charge in [-0.25, -0.2) is 0 Å². The molecule has 332 valence electrons. The molecule has 6 nitrogen and oxygen atoms in total. The van der Waals surface area contributed by atoms with Crippen molar-refractivity contribution in [1.82, 2.24) is 0 Å². The number of carbonyl (C=O) groups is 3. The first-order chi connectivity index (χ1) is 28.0. The van der Waals surface area contributed by atoms with Gasteiger partial charge in [-0.3, -0.25) is 14.4 Å². The molecular weight excluding hydrogens is 709 g/mol. The molecule has 0 rings (SSSR count). The molecule has 0 aromatic carbocycles. The van der Waals surface area contributed by atoms with Gasteiger partial charge in [0.25, 0.3) is 0 Å². The smallest absolute Gasteiger partial charge is 0.306 e. The lowest BCUT2D eigenvalue weighted by atomic mass is 10.0. The Kier molecular flexibility index (Phi) is 44.4. The summed E-state index contributed by atoms with van der Waals surface area (Å²) in [6.45, 7) is 6.50. The summed E-state index contributed by atoms with van der Waals surface area (Å²) < 4.78 is 16.7. The lowest BCUT2D eigenvalue weighted by Crippen LogP contribution is -2.30. The zero-order valence-corrected chi connectivity index (χ0v) is 37.9. The summed E-state index contributed by atoms with van der Waals surface area (Å²) in [7, 11) is 0. The topological polar surface area (TPSA) is 78.9 Å². The second-order valence-corrected chi connectivity index (χ2v) is 16.4. The van der Waals surface area contributed by atoms with E-state index in [9.17, 15) is 14.4 Å². The Balaban J connectivity index is 4.33. The molecule has 57 heavy (non-hydrogen) atoms. The van der Waals surface area contributed by atoms with Gasteiger partial charge in [-0.15, -0.1) is 0 Å². The van der Waals surface area contributed by atoms with E-state index >= 15 is 0 Å². The van der Waals surface area contributed by atoms with Gasteiger partial charge in [-0.1, -0.05) is 205 Å². The van der Waals surface area contributed by atoms with Gasteiger partial charge in [0.1, 0.15) is 13.2 Å². The molecule has 0 aliphatic carbocycles. The van der Waals surface area contributed by atoms with E-state index in [2.05, 4.69) is 57.2 Å². The normalized spacial score (nSPS) is 12.3. The van der Waals surface area contributed by atoms with Gasteiger partial charge >= 0.3 is 17.9 Å². The van der Waals surface area contributed by atoms with Crippen molar-refractivity contribution in [3.05, 3.63) is 36.5 Å². The van der Waals surface area contributed by atoms with E-state index < -0.39 is 6.10 Å². The van der Waals surface area contributed by atoms with Gasteiger partial charge in [-0.2, -0.15) is 0 Å². The molecule has 0 fully saturated rings. The van der Waals surface area contributed by atoms with Crippen LogP contribution in [0.25, 0.3) is 0 Å². The van der Waals surface area contributed by atoms with Gasteiger partial charge in [-0.05, 0) is 64.2 Å². The van der Waals surface area contributed by atoms with E-state index in [-0.39, 0.29) is 31.1 Å². The van der Waals surface area contributed by atoms with Gasteiger partial charge in [0.15, 0.2) is 6.10 Å². The lowest BCUT2D eigenvalue weighted by molar-refractivity contribution is -0.167. The van der Waals surface area contributed by atoms with Crippen LogP contribution in [0, 0.1) is 0 Å². The number of ether oxygens (including phenoxy) is 3. The number of allylic oxidation sites excluding steroid dienone is 6. The molecule has 0 saturated carbocycles. The predicted octanol–water partition coefficient (Wildman–Crippen LogP) is 15.8. The maximum atomic E-state index is 12.7. The molecule has 0 amide bonds. The molecule has 1 atom stereocenters. The van der Waals surface area contributed by atoms with Gasteiger partial charge in [0.2, 0.25) is 0 Å². The third-order valence-electron chi connectivity index (χ3n) is 10.6. The Morgan fingerprint density at radius 2 is 0.667 bits per heavy atom. The van der Waals surface area contributed by atoms with Crippen LogP contribution < -0.4 is 0 Å². The zero-order chi connectivity index (χ0) is 41.5. The molecule has 0 radical (unpaired) electrons. The minimum Gasteiger partial charge on any atom is -0.462 e. The maximum absolute atomic E-state index is 12.7. The van der Waals surface area contributed by atoms with Crippen LogP contribution in [0.15, 0.2) is 36.5 Å². The number of esters is 3. The van der Waals surface area contributed by atoms with Crippen molar-refractivity contribution in [2.75, 3.05) is 13.2 Å². The fourth-order valence-electron chi connectivity index (χ4n) is 6.89. The predicted molar refractivity (Wildman–Crippen MR) is 242 cm³/mol. The standard InChI is InChI=1S/C51H92O6/c1-4-7-10-13-16-19-22-24-25-26-28-29-32-35-38-41-44-50(53)56-47-48(46-55-49(52)43-40-37-34-31-21-18-15-12-9-6-3)57-51(54)45-42-39-36-33-30-27-23-20-17-14-11-8-5-2/h11-12,14-15,20,23,48H,4-10,13,16-19,21-22,24-47H2,1-3H3/b14-11-,15-12-,23-20-. The van der Waals surface area contributed by atoms with Crippen molar-refractivity contribution in [3.8, 4) is 0 Å². The van der Waals surface area contributed by atoms with Gasteiger partial charge in [0.05, 0.1) is 0 Å². The molecule has 0 aliphatic heterocycles. The van der Waals surface area contributed by atoms with Crippen molar-refractivity contribution >= 4 is 17.9 Å². The van der Waals surface area contributed by atoms with E-state index in [1.54, 1.807) is 0 Å². The van der Waals surface area contributed by atoms with Gasteiger partial charge < -0.3 is 14.2 Å². The summed E-state index contributed by atoms with van der Waals surface area (Å²) >= 11 is 0. The number of carbonyl (C=O) groups excluding carboxylic acids is 3. The van der Waals surface area contributed by atoms with E-state index in [1.165, 1.54) is 109 Å². The number of hydrogen-bond acceptors (Lipinski definition) is 6. The summed E-state index contributed by atoms with van der Waals surface area (Å²) in [5.74, 6) is -0.897. The number of hydrogen-bond donors (Lipinski definition) is 0. The largest absolute Gasteiger partial charge is 0.462 e. The van der Waals surface area contributed by atoms with Crippen LogP contribution in [-0.2, 0) is 28.6 Å². The van der Waals surface area contributed by atoms with Crippen LogP contribution >= 0.6 is 0 Å². The van der Waals surface area contributed by atoms with Crippen LogP contribution in [0.1, 0.15) is 252 Å². The second-order valence-electron chi connectivity index (χ2n) is 16.4.